The summed E-state index contributed by atoms with van der Waals surface area (Å²) in [6, 6.07) is 5.02. The van der Waals surface area contributed by atoms with Gasteiger partial charge in [-0.3, -0.25) is 19.1 Å². The van der Waals surface area contributed by atoms with Gasteiger partial charge in [-0.05, 0) is 17.7 Å². The van der Waals surface area contributed by atoms with Crippen molar-refractivity contribution in [3.05, 3.63) is 71.4 Å². The largest absolute Gasteiger partial charge is 0.408 e. The van der Waals surface area contributed by atoms with Crippen LogP contribution in [0, 0.1) is 0 Å². The maximum atomic E-state index is 13.2. The van der Waals surface area contributed by atoms with Crippen LogP contribution in [0.1, 0.15) is 28.0 Å². The zero-order chi connectivity index (χ0) is 21.0. The maximum Gasteiger partial charge on any atom is 0.408 e. The molecular weight excluding hydrogens is 399 g/mol. The Morgan fingerprint density at radius 2 is 1.93 bits per heavy atom. The molecule has 0 aliphatic rings. The molecule has 0 saturated heterocycles. The lowest BCUT2D eigenvalue weighted by Gasteiger charge is -2.10. The number of aromatic nitrogens is 5. The van der Waals surface area contributed by atoms with Crippen molar-refractivity contribution in [2.45, 2.75) is 25.7 Å². The molecule has 0 N–H and O–H groups in total. The topological polar surface area (TPSA) is 78.0 Å². The molecule has 1 amide bonds. The fourth-order valence-electron chi connectivity index (χ4n) is 2.48. The molecular formula is C17H13F5N6O. The van der Waals surface area contributed by atoms with Crippen LogP contribution < -0.4 is 5.36 Å². The lowest BCUT2D eigenvalue weighted by atomic mass is 10.2. The Morgan fingerprint density at radius 3 is 2.52 bits per heavy atom. The minimum Gasteiger partial charge on any atom is -0.268 e. The molecule has 152 valence electrons. The van der Waals surface area contributed by atoms with E-state index in [4.69, 9.17) is 0 Å². The first-order chi connectivity index (χ1) is 13.7. The number of amides is 1. The maximum absolute atomic E-state index is 13.2. The molecule has 29 heavy (non-hydrogen) atoms. The summed E-state index contributed by atoms with van der Waals surface area (Å²) >= 11 is 0. The van der Waals surface area contributed by atoms with Crippen molar-refractivity contribution >= 4 is 5.91 Å². The molecule has 0 aliphatic carbocycles. The van der Waals surface area contributed by atoms with Crippen LogP contribution >= 0.6 is 0 Å². The number of carbonyl (C=O) groups excluding carboxylic acids is 1. The standard InChI is InChI=1S/C17H13F5N6O/c18-15(19)14-13(8-25-28(14)10-17(20,21)22)16(29)26-12-3-5-27(24-7-12)9-11-2-1-4-23-6-11/h1-8,15H,9-10H2. The van der Waals surface area contributed by atoms with Crippen molar-refractivity contribution in [2.75, 3.05) is 0 Å². The van der Waals surface area contributed by atoms with E-state index in [1.807, 2.05) is 6.07 Å². The summed E-state index contributed by atoms with van der Waals surface area (Å²) in [5.41, 5.74) is -0.952. The zero-order valence-electron chi connectivity index (χ0n) is 14.6. The van der Waals surface area contributed by atoms with E-state index in [9.17, 15) is 26.7 Å². The van der Waals surface area contributed by atoms with E-state index < -0.39 is 36.3 Å². The predicted octanol–water partition coefficient (Wildman–Crippen LogP) is 2.76. The molecule has 3 aromatic rings. The van der Waals surface area contributed by atoms with Gasteiger partial charge in [0.1, 0.15) is 12.2 Å². The van der Waals surface area contributed by atoms with Crippen molar-refractivity contribution in [1.29, 1.82) is 0 Å². The summed E-state index contributed by atoms with van der Waals surface area (Å²) in [6.07, 6.45) is -1.42. The van der Waals surface area contributed by atoms with Crippen molar-refractivity contribution in [2.24, 2.45) is 4.99 Å². The Labute approximate surface area is 160 Å². The van der Waals surface area contributed by atoms with Crippen LogP contribution in [0.2, 0.25) is 0 Å². The molecule has 0 unspecified atom stereocenters. The van der Waals surface area contributed by atoms with Gasteiger partial charge in [-0.25, -0.2) is 13.8 Å². The molecule has 3 rings (SSSR count). The highest BCUT2D eigenvalue weighted by atomic mass is 19.4. The van der Waals surface area contributed by atoms with Crippen LogP contribution in [-0.4, -0.2) is 36.6 Å². The molecule has 3 aromatic heterocycles. The summed E-state index contributed by atoms with van der Waals surface area (Å²) in [4.78, 5) is 19.8. The second-order valence-corrected chi connectivity index (χ2v) is 5.88. The zero-order valence-corrected chi connectivity index (χ0v) is 14.6. The van der Waals surface area contributed by atoms with E-state index in [-0.39, 0.29) is 10.0 Å². The molecule has 0 aromatic carbocycles. The van der Waals surface area contributed by atoms with Gasteiger partial charge in [-0.1, -0.05) is 6.07 Å². The Hall–Kier alpha value is -3.44. The van der Waals surface area contributed by atoms with Crippen LogP contribution in [0.5, 0.6) is 0 Å². The third kappa shape index (κ3) is 5.30. The van der Waals surface area contributed by atoms with Gasteiger partial charge in [-0.15, -0.1) is 0 Å². The molecule has 0 bridgehead atoms. The SMILES string of the molecule is O=C(N=c1ccn(Cc2cccnc2)nc1)c1cnn(CC(F)(F)F)c1C(F)F. The van der Waals surface area contributed by atoms with Crippen molar-refractivity contribution in [3.8, 4) is 0 Å². The number of carbonyl (C=O) groups is 1. The first-order valence-corrected chi connectivity index (χ1v) is 8.14. The van der Waals surface area contributed by atoms with Gasteiger partial charge < -0.3 is 0 Å². The Bertz CT molecular complexity index is 1040. The lowest BCUT2D eigenvalue weighted by Crippen LogP contribution is -2.21. The average Bonchev–Trinajstić information content (AvgIpc) is 3.06. The molecule has 0 radical (unpaired) electrons. The van der Waals surface area contributed by atoms with Crippen LogP contribution in [0.4, 0.5) is 22.0 Å². The molecule has 7 nitrogen and oxygen atoms in total. The average molecular weight is 412 g/mol. The molecule has 0 aliphatic heterocycles. The summed E-state index contributed by atoms with van der Waals surface area (Å²) in [6.45, 7) is -1.33. The number of hydrogen-bond donors (Lipinski definition) is 0. The molecule has 0 atom stereocenters. The second-order valence-electron chi connectivity index (χ2n) is 5.88. The number of nitrogens with zero attached hydrogens (tertiary/aromatic N) is 6. The van der Waals surface area contributed by atoms with Crippen LogP contribution in [-0.2, 0) is 13.1 Å². The van der Waals surface area contributed by atoms with E-state index in [1.54, 1.807) is 18.5 Å². The fourth-order valence-corrected chi connectivity index (χ4v) is 2.48. The van der Waals surface area contributed by atoms with Crippen molar-refractivity contribution < 1.29 is 26.7 Å². The van der Waals surface area contributed by atoms with E-state index in [0.29, 0.717) is 12.7 Å². The van der Waals surface area contributed by atoms with Gasteiger partial charge in [0.2, 0.25) is 0 Å². The number of pyridine rings is 1. The molecule has 0 fully saturated rings. The highest BCUT2D eigenvalue weighted by Gasteiger charge is 2.33. The van der Waals surface area contributed by atoms with E-state index in [0.717, 1.165) is 5.56 Å². The molecule has 0 saturated carbocycles. The molecule has 0 spiro atoms. The van der Waals surface area contributed by atoms with Crippen LogP contribution in [0.3, 0.4) is 0 Å². The summed E-state index contributed by atoms with van der Waals surface area (Å²) in [5.74, 6) is -1.14. The Morgan fingerprint density at radius 1 is 1.14 bits per heavy atom. The monoisotopic (exact) mass is 412 g/mol. The van der Waals surface area contributed by atoms with Gasteiger partial charge in [0.15, 0.2) is 0 Å². The third-order valence-corrected chi connectivity index (χ3v) is 3.70. The fraction of sp³-hybridized carbons (Fsp3) is 0.235. The summed E-state index contributed by atoms with van der Waals surface area (Å²) < 4.78 is 65.5. The highest BCUT2D eigenvalue weighted by Crippen LogP contribution is 2.26. The minimum atomic E-state index is -4.77. The van der Waals surface area contributed by atoms with Crippen LogP contribution in [0.15, 0.2) is 54.2 Å². The first kappa shape index (κ1) is 20.3. The third-order valence-electron chi connectivity index (χ3n) is 3.70. The van der Waals surface area contributed by atoms with Gasteiger partial charge >= 0.3 is 6.18 Å². The highest BCUT2D eigenvalue weighted by molar-refractivity contribution is 5.95. The Kier molecular flexibility index (Phi) is 5.80. The minimum absolute atomic E-state index is 0.0541. The quantitative estimate of drug-likeness (QED) is 0.604. The molecule has 3 heterocycles. The van der Waals surface area contributed by atoms with Gasteiger partial charge in [-0.2, -0.15) is 23.4 Å². The van der Waals surface area contributed by atoms with E-state index >= 15 is 0 Å². The summed E-state index contributed by atoms with van der Waals surface area (Å²) in [5, 5.41) is 7.37. The number of rotatable bonds is 5. The lowest BCUT2D eigenvalue weighted by molar-refractivity contribution is -0.143. The normalized spacial score (nSPS) is 12.6. The second kappa shape index (κ2) is 8.29. The number of halogens is 5. The van der Waals surface area contributed by atoms with E-state index in [1.165, 1.54) is 23.1 Å². The van der Waals surface area contributed by atoms with Crippen LogP contribution in [0.25, 0.3) is 0 Å². The summed E-state index contributed by atoms with van der Waals surface area (Å²) in [7, 11) is 0. The van der Waals surface area contributed by atoms with Gasteiger partial charge in [0, 0.05) is 18.6 Å². The van der Waals surface area contributed by atoms with E-state index in [2.05, 4.69) is 20.2 Å². The van der Waals surface area contributed by atoms with Gasteiger partial charge in [0.25, 0.3) is 12.3 Å². The van der Waals surface area contributed by atoms with Crippen molar-refractivity contribution in [1.82, 2.24) is 24.5 Å². The smallest absolute Gasteiger partial charge is 0.268 e. The predicted molar refractivity (Wildman–Crippen MR) is 88.7 cm³/mol. The first-order valence-electron chi connectivity index (χ1n) is 8.14. The molecule has 12 heteroatoms. The number of hydrogen-bond acceptors (Lipinski definition) is 4. The number of alkyl halides is 5. The van der Waals surface area contributed by atoms with Crippen molar-refractivity contribution in [3.63, 3.8) is 0 Å². The van der Waals surface area contributed by atoms with Gasteiger partial charge in [0.05, 0.1) is 29.9 Å². The Balaban J connectivity index is 1.83.